The van der Waals surface area contributed by atoms with Crippen LogP contribution in [-0.2, 0) is 15.3 Å². The molecule has 1 saturated heterocycles. The second kappa shape index (κ2) is 12.4. The van der Waals surface area contributed by atoms with Gasteiger partial charge in [0.15, 0.2) is 6.61 Å². The summed E-state index contributed by atoms with van der Waals surface area (Å²) in [5.74, 6) is 1.44. The minimum absolute atomic E-state index is 0.0282. The van der Waals surface area contributed by atoms with Gasteiger partial charge in [-0.15, -0.1) is 11.8 Å². The van der Waals surface area contributed by atoms with E-state index in [4.69, 9.17) is 16.3 Å². The number of thioether (sulfide) groups is 1. The fourth-order valence-corrected chi connectivity index (χ4v) is 4.22. The van der Waals surface area contributed by atoms with Gasteiger partial charge < -0.3 is 9.64 Å². The van der Waals surface area contributed by atoms with Crippen LogP contribution < -0.4 is 10.2 Å². The summed E-state index contributed by atoms with van der Waals surface area (Å²) in [5.41, 5.74) is 4.34. The maximum atomic E-state index is 12.1. The molecule has 2 aromatic rings. The topological polar surface area (TPSA) is 71.0 Å². The van der Waals surface area contributed by atoms with Crippen molar-refractivity contribution >= 4 is 41.4 Å². The first kappa shape index (κ1) is 23.2. The standard InChI is InChI=1S/C23H26ClN3O3S/c24-21-7-3-2-6-19(21)16-31-17-22(28)26-25-14-18-8-10-20(11-9-18)30-15-23(29)27-12-4-1-5-13-27/h2-3,6-11,14H,1,4-5,12-13,15-17H2,(H,26,28)/b25-14-. The molecule has 164 valence electrons. The minimum atomic E-state index is -0.176. The van der Waals surface area contributed by atoms with Crippen molar-refractivity contribution in [1.82, 2.24) is 10.3 Å². The number of benzene rings is 2. The van der Waals surface area contributed by atoms with Gasteiger partial charge in [-0.1, -0.05) is 29.8 Å². The number of piperidine rings is 1. The molecule has 0 saturated carbocycles. The van der Waals surface area contributed by atoms with Crippen LogP contribution in [0.4, 0.5) is 0 Å². The molecule has 1 aliphatic heterocycles. The third-order valence-electron chi connectivity index (χ3n) is 4.80. The molecule has 31 heavy (non-hydrogen) atoms. The first-order valence-electron chi connectivity index (χ1n) is 10.3. The molecule has 2 amide bonds. The Morgan fingerprint density at radius 2 is 1.84 bits per heavy atom. The Bertz CT molecular complexity index is 899. The van der Waals surface area contributed by atoms with Gasteiger partial charge >= 0.3 is 0 Å². The highest BCUT2D eigenvalue weighted by atomic mass is 35.5. The zero-order chi connectivity index (χ0) is 21.9. The average Bonchev–Trinajstić information content (AvgIpc) is 2.80. The molecular weight excluding hydrogens is 434 g/mol. The summed E-state index contributed by atoms with van der Waals surface area (Å²) >= 11 is 7.58. The maximum absolute atomic E-state index is 12.1. The Labute approximate surface area is 192 Å². The Morgan fingerprint density at radius 3 is 2.58 bits per heavy atom. The molecule has 6 nitrogen and oxygen atoms in total. The molecule has 1 N–H and O–H groups in total. The second-order valence-electron chi connectivity index (χ2n) is 7.18. The van der Waals surface area contributed by atoms with Crippen LogP contribution in [0.25, 0.3) is 0 Å². The highest BCUT2D eigenvalue weighted by Crippen LogP contribution is 2.20. The summed E-state index contributed by atoms with van der Waals surface area (Å²) in [6.45, 7) is 1.69. The number of carbonyl (C=O) groups excluding carboxylic acids is 2. The van der Waals surface area contributed by atoms with E-state index in [0.29, 0.717) is 22.3 Å². The fraction of sp³-hybridized carbons (Fsp3) is 0.348. The van der Waals surface area contributed by atoms with Crippen molar-refractivity contribution < 1.29 is 14.3 Å². The Hall–Kier alpha value is -2.51. The van der Waals surface area contributed by atoms with E-state index in [2.05, 4.69) is 10.5 Å². The van der Waals surface area contributed by atoms with Crippen molar-refractivity contribution in [3.8, 4) is 5.75 Å². The molecule has 0 spiro atoms. The summed E-state index contributed by atoms with van der Waals surface area (Å²) in [6, 6.07) is 14.8. The minimum Gasteiger partial charge on any atom is -0.484 e. The average molecular weight is 460 g/mol. The molecule has 0 bridgehead atoms. The molecule has 1 heterocycles. The van der Waals surface area contributed by atoms with Gasteiger partial charge in [0.05, 0.1) is 12.0 Å². The summed E-state index contributed by atoms with van der Waals surface area (Å²) < 4.78 is 5.59. The van der Waals surface area contributed by atoms with Gasteiger partial charge in [0.25, 0.3) is 5.91 Å². The number of nitrogens with zero attached hydrogens (tertiary/aromatic N) is 2. The van der Waals surface area contributed by atoms with E-state index in [0.717, 1.165) is 37.1 Å². The molecule has 0 unspecified atom stereocenters. The molecule has 0 aromatic heterocycles. The number of ether oxygens (including phenoxy) is 1. The first-order chi connectivity index (χ1) is 15.1. The van der Waals surface area contributed by atoms with Crippen LogP contribution in [-0.4, -0.2) is 48.4 Å². The van der Waals surface area contributed by atoms with Gasteiger partial charge in [0, 0.05) is 23.9 Å². The summed E-state index contributed by atoms with van der Waals surface area (Å²) in [6.07, 6.45) is 4.89. The van der Waals surface area contributed by atoms with Crippen LogP contribution >= 0.6 is 23.4 Å². The predicted octanol–water partition coefficient (Wildman–Crippen LogP) is 4.11. The van der Waals surface area contributed by atoms with Crippen LogP contribution in [0, 0.1) is 0 Å². The molecule has 8 heteroatoms. The lowest BCUT2D eigenvalue weighted by atomic mass is 10.1. The van der Waals surface area contributed by atoms with Crippen LogP contribution in [0.3, 0.4) is 0 Å². The summed E-state index contributed by atoms with van der Waals surface area (Å²) in [7, 11) is 0. The molecule has 3 rings (SSSR count). The van der Waals surface area contributed by atoms with E-state index in [9.17, 15) is 9.59 Å². The number of hydrogen-bond acceptors (Lipinski definition) is 5. The van der Waals surface area contributed by atoms with Gasteiger partial charge in [-0.25, -0.2) is 5.43 Å². The Balaban J connectivity index is 1.35. The van der Waals surface area contributed by atoms with E-state index in [-0.39, 0.29) is 18.4 Å². The normalized spacial score (nSPS) is 13.9. The Kier molecular flexibility index (Phi) is 9.24. The van der Waals surface area contributed by atoms with Gasteiger partial charge in [0.1, 0.15) is 5.75 Å². The number of hydrazone groups is 1. The van der Waals surface area contributed by atoms with E-state index >= 15 is 0 Å². The van der Waals surface area contributed by atoms with E-state index < -0.39 is 0 Å². The monoisotopic (exact) mass is 459 g/mol. The van der Waals surface area contributed by atoms with Crippen LogP contribution in [0.1, 0.15) is 30.4 Å². The molecule has 0 atom stereocenters. The number of nitrogens with one attached hydrogen (secondary N) is 1. The van der Waals surface area contributed by atoms with Crippen molar-refractivity contribution in [2.75, 3.05) is 25.4 Å². The van der Waals surface area contributed by atoms with Gasteiger partial charge in [-0.3, -0.25) is 9.59 Å². The van der Waals surface area contributed by atoms with Crippen LogP contribution in [0.5, 0.6) is 5.75 Å². The van der Waals surface area contributed by atoms with Crippen molar-refractivity contribution in [3.63, 3.8) is 0 Å². The second-order valence-corrected chi connectivity index (χ2v) is 8.57. The zero-order valence-electron chi connectivity index (χ0n) is 17.3. The maximum Gasteiger partial charge on any atom is 0.260 e. The number of rotatable bonds is 9. The lowest BCUT2D eigenvalue weighted by molar-refractivity contribution is -0.134. The first-order valence-corrected chi connectivity index (χ1v) is 11.8. The van der Waals surface area contributed by atoms with E-state index in [1.54, 1.807) is 18.3 Å². The highest BCUT2D eigenvalue weighted by Gasteiger charge is 2.16. The van der Waals surface area contributed by atoms with E-state index in [1.165, 1.54) is 18.2 Å². The molecule has 1 aliphatic rings. The third-order valence-corrected chi connectivity index (χ3v) is 6.15. The van der Waals surface area contributed by atoms with Crippen molar-refractivity contribution in [2.24, 2.45) is 5.10 Å². The lowest BCUT2D eigenvalue weighted by Gasteiger charge is -2.26. The Morgan fingerprint density at radius 1 is 1.10 bits per heavy atom. The fourth-order valence-electron chi connectivity index (χ4n) is 3.11. The van der Waals surface area contributed by atoms with Crippen LogP contribution in [0.15, 0.2) is 53.6 Å². The number of likely N-dealkylation sites (tertiary alicyclic amines) is 1. The quantitative estimate of drug-likeness (QED) is 0.452. The van der Waals surface area contributed by atoms with Crippen molar-refractivity contribution in [3.05, 3.63) is 64.7 Å². The number of hydrogen-bond donors (Lipinski definition) is 1. The smallest absolute Gasteiger partial charge is 0.260 e. The van der Waals surface area contributed by atoms with Gasteiger partial charge in [-0.05, 0) is 60.7 Å². The van der Waals surface area contributed by atoms with Crippen LogP contribution in [0.2, 0.25) is 5.02 Å². The number of amides is 2. The predicted molar refractivity (Wildman–Crippen MR) is 126 cm³/mol. The molecule has 1 fully saturated rings. The van der Waals surface area contributed by atoms with Gasteiger partial charge in [0.2, 0.25) is 5.91 Å². The molecule has 0 radical (unpaired) electrons. The summed E-state index contributed by atoms with van der Waals surface area (Å²) in [4.78, 5) is 25.9. The number of halogens is 1. The highest BCUT2D eigenvalue weighted by molar-refractivity contribution is 7.99. The molecule has 2 aromatic carbocycles. The molecular formula is C23H26ClN3O3S. The SMILES string of the molecule is O=C(CSCc1ccccc1Cl)N/N=C\c1ccc(OCC(=O)N2CCCCC2)cc1. The lowest BCUT2D eigenvalue weighted by Crippen LogP contribution is -2.38. The van der Waals surface area contributed by atoms with Gasteiger partial charge in [-0.2, -0.15) is 5.10 Å². The van der Waals surface area contributed by atoms with Crippen molar-refractivity contribution in [1.29, 1.82) is 0 Å². The third kappa shape index (κ3) is 7.92. The zero-order valence-corrected chi connectivity index (χ0v) is 18.8. The number of carbonyl (C=O) groups is 2. The summed E-state index contributed by atoms with van der Waals surface area (Å²) in [5, 5.41) is 4.69. The van der Waals surface area contributed by atoms with Crippen molar-refractivity contribution in [2.45, 2.75) is 25.0 Å². The molecule has 0 aliphatic carbocycles. The largest absolute Gasteiger partial charge is 0.484 e. The van der Waals surface area contributed by atoms with E-state index in [1.807, 2.05) is 41.3 Å².